The maximum Gasteiger partial charge on any atom is 0.0537 e. The number of aliphatic hydroxyl groups excluding tert-OH is 1. The van der Waals surface area contributed by atoms with Crippen molar-refractivity contribution in [1.82, 2.24) is 15.1 Å². The number of aryl methyl sites for hydroxylation is 1. The number of hydrogen-bond acceptors (Lipinski definition) is 3. The molecule has 0 radical (unpaired) electrons. The Hall–Kier alpha value is -0.870. The van der Waals surface area contributed by atoms with Gasteiger partial charge in [-0.3, -0.25) is 4.68 Å². The minimum absolute atomic E-state index is 0.119. The van der Waals surface area contributed by atoms with Crippen molar-refractivity contribution < 1.29 is 5.11 Å². The summed E-state index contributed by atoms with van der Waals surface area (Å²) in [6.07, 6.45) is 8.08. The first kappa shape index (κ1) is 13.6. The highest BCUT2D eigenvalue weighted by Crippen LogP contribution is 2.35. The van der Waals surface area contributed by atoms with Crippen molar-refractivity contribution in [2.24, 2.45) is 12.5 Å². The third-order valence-electron chi connectivity index (χ3n) is 4.40. The van der Waals surface area contributed by atoms with Crippen LogP contribution in [-0.4, -0.2) is 28.0 Å². The number of nitrogens with zero attached hydrogens (tertiary/aromatic N) is 2. The van der Waals surface area contributed by atoms with Crippen LogP contribution < -0.4 is 5.32 Å². The molecule has 0 bridgehead atoms. The van der Waals surface area contributed by atoms with E-state index >= 15 is 0 Å². The van der Waals surface area contributed by atoms with Gasteiger partial charge in [0.25, 0.3) is 0 Å². The molecule has 0 unspecified atom stereocenters. The summed E-state index contributed by atoms with van der Waals surface area (Å²) in [6, 6.07) is 0. The largest absolute Gasteiger partial charge is 0.396 e. The number of hydrogen-bond donors (Lipinski definition) is 2. The summed E-state index contributed by atoms with van der Waals surface area (Å²) in [5, 5.41) is 17.4. The van der Waals surface area contributed by atoms with E-state index in [-0.39, 0.29) is 5.41 Å². The first-order valence-electron chi connectivity index (χ1n) is 6.96. The molecule has 0 aromatic carbocycles. The van der Waals surface area contributed by atoms with Crippen LogP contribution in [0.4, 0.5) is 0 Å². The van der Waals surface area contributed by atoms with Gasteiger partial charge in [-0.2, -0.15) is 5.10 Å². The zero-order chi connectivity index (χ0) is 13.0. The van der Waals surface area contributed by atoms with Gasteiger partial charge in [-0.1, -0.05) is 19.3 Å². The highest BCUT2D eigenvalue weighted by Gasteiger charge is 2.30. The van der Waals surface area contributed by atoms with Crippen molar-refractivity contribution in [3.8, 4) is 0 Å². The standard InChI is InChI=1S/C14H25N3O/c1-12-13(9-16-17(12)2)8-15-10-14(11-18)6-4-3-5-7-14/h9,15,18H,3-8,10-11H2,1-2H3. The van der Waals surface area contributed by atoms with Gasteiger partial charge >= 0.3 is 0 Å². The molecule has 1 fully saturated rings. The lowest BCUT2D eigenvalue weighted by Crippen LogP contribution is -2.38. The van der Waals surface area contributed by atoms with E-state index in [1.807, 2.05) is 17.9 Å². The first-order valence-corrected chi connectivity index (χ1v) is 6.96. The smallest absolute Gasteiger partial charge is 0.0537 e. The van der Waals surface area contributed by atoms with Crippen LogP contribution in [-0.2, 0) is 13.6 Å². The molecule has 0 amide bonds. The van der Waals surface area contributed by atoms with Crippen molar-refractivity contribution in [2.45, 2.75) is 45.6 Å². The van der Waals surface area contributed by atoms with Crippen molar-refractivity contribution >= 4 is 0 Å². The van der Waals surface area contributed by atoms with Crippen molar-refractivity contribution in [1.29, 1.82) is 0 Å². The summed E-state index contributed by atoms with van der Waals surface area (Å²) in [5.41, 5.74) is 2.58. The van der Waals surface area contributed by atoms with Gasteiger partial charge in [0.05, 0.1) is 6.20 Å². The minimum Gasteiger partial charge on any atom is -0.396 e. The predicted molar refractivity (Wildman–Crippen MR) is 72.3 cm³/mol. The molecule has 1 heterocycles. The molecule has 0 aliphatic heterocycles. The fourth-order valence-electron chi connectivity index (χ4n) is 2.87. The highest BCUT2D eigenvalue weighted by atomic mass is 16.3. The predicted octanol–water partition coefficient (Wildman–Crippen LogP) is 1.76. The minimum atomic E-state index is 0.119. The first-order chi connectivity index (χ1) is 8.67. The van der Waals surface area contributed by atoms with E-state index in [4.69, 9.17) is 0 Å². The Bertz CT molecular complexity index is 380. The molecular formula is C14H25N3O. The molecular weight excluding hydrogens is 226 g/mol. The van der Waals surface area contributed by atoms with E-state index in [0.29, 0.717) is 6.61 Å². The molecule has 102 valence electrons. The lowest BCUT2D eigenvalue weighted by atomic mass is 9.74. The highest BCUT2D eigenvalue weighted by molar-refractivity contribution is 5.15. The third kappa shape index (κ3) is 2.93. The summed E-state index contributed by atoms with van der Waals surface area (Å²) in [4.78, 5) is 0. The molecule has 1 saturated carbocycles. The van der Waals surface area contributed by atoms with Crippen LogP contribution in [0.5, 0.6) is 0 Å². The second kappa shape index (κ2) is 5.85. The van der Waals surface area contributed by atoms with Crippen molar-refractivity contribution in [3.63, 3.8) is 0 Å². The van der Waals surface area contributed by atoms with Gasteiger partial charge in [0.1, 0.15) is 0 Å². The van der Waals surface area contributed by atoms with E-state index in [1.54, 1.807) is 0 Å². The van der Waals surface area contributed by atoms with E-state index in [0.717, 1.165) is 25.9 Å². The summed E-state index contributed by atoms with van der Waals surface area (Å²) in [6.45, 7) is 4.16. The molecule has 1 aliphatic carbocycles. The summed E-state index contributed by atoms with van der Waals surface area (Å²) in [7, 11) is 1.97. The SMILES string of the molecule is Cc1c(CNCC2(CO)CCCCC2)cnn1C. The van der Waals surface area contributed by atoms with Crippen LogP contribution in [0.3, 0.4) is 0 Å². The van der Waals surface area contributed by atoms with Gasteiger partial charge in [-0.15, -0.1) is 0 Å². The van der Waals surface area contributed by atoms with Gasteiger partial charge in [0, 0.05) is 43.4 Å². The van der Waals surface area contributed by atoms with Crippen LogP contribution in [0.2, 0.25) is 0 Å². The van der Waals surface area contributed by atoms with Crippen LogP contribution in [0, 0.1) is 12.3 Å². The van der Waals surface area contributed by atoms with Gasteiger partial charge in [-0.05, 0) is 19.8 Å². The normalized spacial score (nSPS) is 19.1. The van der Waals surface area contributed by atoms with Crippen LogP contribution >= 0.6 is 0 Å². The number of rotatable bonds is 5. The molecule has 1 aliphatic rings. The Kier molecular flexibility index (Phi) is 4.40. The van der Waals surface area contributed by atoms with Gasteiger partial charge in [-0.25, -0.2) is 0 Å². The Morgan fingerprint density at radius 3 is 2.67 bits per heavy atom. The Labute approximate surface area is 109 Å². The van der Waals surface area contributed by atoms with E-state index in [2.05, 4.69) is 17.3 Å². The van der Waals surface area contributed by atoms with Crippen molar-refractivity contribution in [3.05, 3.63) is 17.5 Å². The number of aliphatic hydroxyl groups is 1. The van der Waals surface area contributed by atoms with E-state index < -0.39 is 0 Å². The van der Waals surface area contributed by atoms with Crippen LogP contribution in [0.25, 0.3) is 0 Å². The number of nitrogens with one attached hydrogen (secondary N) is 1. The second-order valence-electron chi connectivity index (χ2n) is 5.70. The molecule has 2 rings (SSSR count). The monoisotopic (exact) mass is 251 g/mol. The maximum absolute atomic E-state index is 9.64. The average Bonchev–Trinajstić information content (AvgIpc) is 2.72. The topological polar surface area (TPSA) is 50.1 Å². The molecule has 2 N–H and O–H groups in total. The molecule has 4 nitrogen and oxygen atoms in total. The quantitative estimate of drug-likeness (QED) is 0.838. The average molecular weight is 251 g/mol. The van der Waals surface area contributed by atoms with Crippen molar-refractivity contribution in [2.75, 3.05) is 13.2 Å². The molecule has 0 spiro atoms. The second-order valence-corrected chi connectivity index (χ2v) is 5.70. The zero-order valence-electron chi connectivity index (χ0n) is 11.6. The lowest BCUT2D eigenvalue weighted by molar-refractivity contribution is 0.0810. The molecule has 1 aromatic rings. The lowest BCUT2D eigenvalue weighted by Gasteiger charge is -2.35. The van der Waals surface area contributed by atoms with Gasteiger partial charge in [0.2, 0.25) is 0 Å². The summed E-state index contributed by atoms with van der Waals surface area (Å²) >= 11 is 0. The van der Waals surface area contributed by atoms with Gasteiger partial charge in [0.15, 0.2) is 0 Å². The molecule has 1 aromatic heterocycles. The zero-order valence-corrected chi connectivity index (χ0v) is 11.6. The fourth-order valence-corrected chi connectivity index (χ4v) is 2.87. The number of aromatic nitrogens is 2. The van der Waals surface area contributed by atoms with Crippen LogP contribution in [0.15, 0.2) is 6.20 Å². The molecule has 18 heavy (non-hydrogen) atoms. The molecule has 4 heteroatoms. The molecule has 0 atom stereocenters. The maximum atomic E-state index is 9.64. The summed E-state index contributed by atoms with van der Waals surface area (Å²) in [5.74, 6) is 0. The van der Waals surface area contributed by atoms with Gasteiger partial charge < -0.3 is 10.4 Å². The van der Waals surface area contributed by atoms with E-state index in [1.165, 1.54) is 30.5 Å². The van der Waals surface area contributed by atoms with E-state index in [9.17, 15) is 5.11 Å². The summed E-state index contributed by atoms with van der Waals surface area (Å²) < 4.78 is 1.90. The fraction of sp³-hybridized carbons (Fsp3) is 0.786. The Morgan fingerprint density at radius 1 is 1.39 bits per heavy atom. The van der Waals surface area contributed by atoms with Crippen LogP contribution in [0.1, 0.15) is 43.4 Å². The Balaban J connectivity index is 1.85. The Morgan fingerprint density at radius 2 is 2.11 bits per heavy atom. The molecule has 0 saturated heterocycles. The third-order valence-corrected chi connectivity index (χ3v) is 4.40.